The van der Waals surface area contributed by atoms with E-state index in [4.69, 9.17) is 16.3 Å². The Morgan fingerprint density at radius 2 is 1.87 bits per heavy atom. The summed E-state index contributed by atoms with van der Waals surface area (Å²) in [6.45, 7) is 1.76. The number of hydrogen-bond acceptors (Lipinski definition) is 6. The van der Waals surface area contributed by atoms with Crippen LogP contribution in [-0.4, -0.2) is 24.7 Å². The first kappa shape index (κ1) is 22.5. The zero-order valence-corrected chi connectivity index (χ0v) is 18.5. The molecule has 1 heterocycles. The van der Waals surface area contributed by atoms with Gasteiger partial charge < -0.3 is 15.4 Å². The van der Waals surface area contributed by atoms with E-state index in [-0.39, 0.29) is 11.7 Å². The van der Waals surface area contributed by atoms with Crippen LogP contribution in [0.3, 0.4) is 0 Å². The second-order valence-corrected chi connectivity index (χ2v) is 8.05. The van der Waals surface area contributed by atoms with E-state index in [0.717, 1.165) is 11.8 Å². The van der Waals surface area contributed by atoms with Crippen molar-refractivity contribution in [2.75, 3.05) is 18.2 Å². The average Bonchev–Trinajstić information content (AvgIpc) is 2.77. The van der Waals surface area contributed by atoms with Crippen molar-refractivity contribution in [1.82, 2.24) is 5.32 Å². The Balaban J connectivity index is 2.07. The summed E-state index contributed by atoms with van der Waals surface area (Å²) in [5.74, 6) is -1.42. The molecule has 3 rings (SSSR count). The number of ether oxygens (including phenoxy) is 1. The van der Waals surface area contributed by atoms with E-state index in [9.17, 15) is 14.9 Å². The predicted octanol–water partition coefficient (Wildman–Crippen LogP) is 4.58. The molecule has 1 aliphatic heterocycles. The number of nitrogens with one attached hydrogen (secondary N) is 2. The summed E-state index contributed by atoms with van der Waals surface area (Å²) in [6.07, 6.45) is 0. The number of rotatable bonds is 6. The van der Waals surface area contributed by atoms with Crippen molar-refractivity contribution in [3.63, 3.8) is 0 Å². The van der Waals surface area contributed by atoms with Crippen molar-refractivity contribution in [3.05, 3.63) is 87.1 Å². The lowest BCUT2D eigenvalue weighted by Gasteiger charge is -2.30. The summed E-state index contributed by atoms with van der Waals surface area (Å²) in [4.78, 5) is 24.9. The largest absolute Gasteiger partial charge is 0.468 e. The van der Waals surface area contributed by atoms with Gasteiger partial charge in [0, 0.05) is 22.0 Å². The SMILES string of the molecule is COC(=O)CSC1=C(C#N)[C@H](c2ccccc2Cl)C(C(=O)Nc2ccccc2)=C(C)N1. The lowest BCUT2D eigenvalue weighted by molar-refractivity contribution is -0.137. The van der Waals surface area contributed by atoms with Crippen LogP contribution in [-0.2, 0) is 14.3 Å². The van der Waals surface area contributed by atoms with Gasteiger partial charge in [-0.15, -0.1) is 0 Å². The Morgan fingerprint density at radius 1 is 1.19 bits per heavy atom. The number of carbonyl (C=O) groups excluding carboxylic acids is 2. The number of allylic oxidation sites excluding steroid dienone is 2. The number of nitrogens with zero attached hydrogens (tertiary/aromatic N) is 1. The molecule has 0 unspecified atom stereocenters. The van der Waals surface area contributed by atoms with Crippen LogP contribution >= 0.6 is 23.4 Å². The third kappa shape index (κ3) is 5.10. The standard InChI is InChI=1S/C23H20ClN3O3S/c1-14-20(22(29)27-15-8-4-3-5-9-15)21(16-10-6-7-11-18(16)24)17(12-25)23(26-14)31-13-19(28)30-2/h3-11,21,26H,13H2,1-2H3,(H,27,29)/t21-/m0/s1. The molecule has 0 fully saturated rings. The van der Waals surface area contributed by atoms with E-state index in [0.29, 0.717) is 38.1 Å². The molecule has 2 aromatic carbocycles. The Hall–Kier alpha value is -3.21. The molecule has 1 atom stereocenters. The van der Waals surface area contributed by atoms with Crippen molar-refractivity contribution in [3.8, 4) is 6.07 Å². The first-order chi connectivity index (χ1) is 15.0. The number of para-hydroxylation sites is 1. The smallest absolute Gasteiger partial charge is 0.316 e. The molecule has 6 nitrogen and oxygen atoms in total. The molecule has 2 aromatic rings. The summed E-state index contributed by atoms with van der Waals surface area (Å²) < 4.78 is 4.70. The second kappa shape index (κ2) is 10.2. The van der Waals surface area contributed by atoms with Crippen molar-refractivity contribution in [2.45, 2.75) is 12.8 Å². The summed E-state index contributed by atoms with van der Waals surface area (Å²) in [5.41, 5.74) is 2.54. The zero-order valence-electron chi connectivity index (χ0n) is 16.9. The van der Waals surface area contributed by atoms with Crippen LogP contribution in [0.5, 0.6) is 0 Å². The highest BCUT2D eigenvalue weighted by Crippen LogP contribution is 2.43. The lowest BCUT2D eigenvalue weighted by Crippen LogP contribution is -2.31. The van der Waals surface area contributed by atoms with Crippen LogP contribution < -0.4 is 10.6 Å². The molecule has 0 aromatic heterocycles. The maximum absolute atomic E-state index is 13.3. The predicted molar refractivity (Wildman–Crippen MR) is 122 cm³/mol. The number of benzene rings is 2. The van der Waals surface area contributed by atoms with Gasteiger partial charge in [-0.25, -0.2) is 0 Å². The van der Waals surface area contributed by atoms with Gasteiger partial charge >= 0.3 is 5.97 Å². The number of hydrogen-bond donors (Lipinski definition) is 2. The quantitative estimate of drug-likeness (QED) is 0.622. The minimum atomic E-state index is -0.691. The number of esters is 1. The molecular weight excluding hydrogens is 434 g/mol. The number of dihydropyridines is 1. The van der Waals surface area contributed by atoms with Crippen LogP contribution in [0.2, 0.25) is 5.02 Å². The fraction of sp³-hybridized carbons (Fsp3) is 0.174. The summed E-state index contributed by atoms with van der Waals surface area (Å²) in [7, 11) is 1.31. The maximum atomic E-state index is 13.3. The number of halogens is 1. The monoisotopic (exact) mass is 453 g/mol. The van der Waals surface area contributed by atoms with Gasteiger partial charge in [-0.3, -0.25) is 9.59 Å². The van der Waals surface area contributed by atoms with Gasteiger partial charge in [0.25, 0.3) is 5.91 Å². The van der Waals surface area contributed by atoms with Crippen LogP contribution in [0.15, 0.2) is 76.5 Å². The summed E-state index contributed by atoms with van der Waals surface area (Å²) >= 11 is 7.62. The topological polar surface area (TPSA) is 91.2 Å². The van der Waals surface area contributed by atoms with Crippen molar-refractivity contribution in [1.29, 1.82) is 5.26 Å². The van der Waals surface area contributed by atoms with Crippen LogP contribution in [0.25, 0.3) is 0 Å². The highest BCUT2D eigenvalue weighted by Gasteiger charge is 2.35. The molecule has 8 heteroatoms. The normalized spacial score (nSPS) is 15.7. The minimum Gasteiger partial charge on any atom is -0.468 e. The first-order valence-electron chi connectivity index (χ1n) is 9.38. The number of amides is 1. The lowest BCUT2D eigenvalue weighted by atomic mass is 9.82. The van der Waals surface area contributed by atoms with E-state index >= 15 is 0 Å². The van der Waals surface area contributed by atoms with Gasteiger partial charge in [0.2, 0.25) is 0 Å². The molecule has 0 saturated carbocycles. The molecule has 0 aliphatic carbocycles. The van der Waals surface area contributed by atoms with E-state index in [1.165, 1.54) is 7.11 Å². The maximum Gasteiger partial charge on any atom is 0.316 e. The third-order valence-electron chi connectivity index (χ3n) is 4.70. The van der Waals surface area contributed by atoms with E-state index < -0.39 is 11.9 Å². The van der Waals surface area contributed by atoms with Gasteiger partial charge in [0.05, 0.1) is 35.5 Å². The third-order valence-corrected chi connectivity index (χ3v) is 6.04. The Morgan fingerprint density at radius 3 is 2.52 bits per heavy atom. The molecule has 158 valence electrons. The highest BCUT2D eigenvalue weighted by molar-refractivity contribution is 8.03. The molecule has 31 heavy (non-hydrogen) atoms. The first-order valence-corrected chi connectivity index (χ1v) is 10.7. The number of nitriles is 1. The zero-order chi connectivity index (χ0) is 22.4. The van der Waals surface area contributed by atoms with Gasteiger partial charge in [-0.2, -0.15) is 5.26 Å². The fourth-order valence-corrected chi connectivity index (χ4v) is 4.43. The Bertz CT molecular complexity index is 1110. The molecule has 0 saturated heterocycles. The van der Waals surface area contributed by atoms with Gasteiger partial charge in [-0.1, -0.05) is 59.8 Å². The minimum absolute atomic E-state index is 0.0259. The van der Waals surface area contributed by atoms with Crippen molar-refractivity contribution >= 4 is 40.9 Å². The number of anilines is 1. The van der Waals surface area contributed by atoms with E-state index in [1.54, 1.807) is 37.3 Å². The number of carbonyl (C=O) groups is 2. The van der Waals surface area contributed by atoms with Crippen LogP contribution in [0.1, 0.15) is 18.4 Å². The number of thioether (sulfide) groups is 1. The molecule has 1 aliphatic rings. The molecule has 0 radical (unpaired) electrons. The molecular formula is C23H20ClN3O3S. The second-order valence-electron chi connectivity index (χ2n) is 6.66. The highest BCUT2D eigenvalue weighted by atomic mass is 35.5. The molecule has 0 spiro atoms. The molecule has 1 amide bonds. The van der Waals surface area contributed by atoms with Gasteiger partial charge in [-0.05, 0) is 30.7 Å². The summed E-state index contributed by atoms with van der Waals surface area (Å²) in [6, 6.07) is 18.4. The summed E-state index contributed by atoms with van der Waals surface area (Å²) in [5, 5.41) is 16.9. The molecule has 0 bridgehead atoms. The average molecular weight is 454 g/mol. The van der Waals surface area contributed by atoms with E-state index in [2.05, 4.69) is 16.7 Å². The van der Waals surface area contributed by atoms with Crippen LogP contribution in [0, 0.1) is 11.3 Å². The van der Waals surface area contributed by atoms with Crippen LogP contribution in [0.4, 0.5) is 5.69 Å². The van der Waals surface area contributed by atoms with Gasteiger partial charge in [0.1, 0.15) is 0 Å². The Labute approximate surface area is 189 Å². The fourth-order valence-electron chi connectivity index (χ4n) is 3.26. The van der Waals surface area contributed by atoms with E-state index in [1.807, 2.05) is 24.3 Å². The molecule has 2 N–H and O–H groups in total. The number of methoxy groups -OCH3 is 1. The van der Waals surface area contributed by atoms with Crippen molar-refractivity contribution in [2.24, 2.45) is 0 Å². The Kier molecular flexibility index (Phi) is 7.40. The van der Waals surface area contributed by atoms with Gasteiger partial charge in [0.15, 0.2) is 0 Å². The van der Waals surface area contributed by atoms with Crippen molar-refractivity contribution < 1.29 is 14.3 Å².